The summed E-state index contributed by atoms with van der Waals surface area (Å²) in [5, 5.41) is 8.67. The summed E-state index contributed by atoms with van der Waals surface area (Å²) in [6.07, 6.45) is -0.118. The summed E-state index contributed by atoms with van der Waals surface area (Å²) in [6, 6.07) is 0. The fourth-order valence-electron chi connectivity index (χ4n) is 1.42. The summed E-state index contributed by atoms with van der Waals surface area (Å²) in [5.74, 6) is -0.884. The third kappa shape index (κ3) is 1.14. The Morgan fingerprint density at radius 2 is 2.20 bits per heavy atom. The van der Waals surface area contributed by atoms with E-state index in [1.54, 1.807) is 0 Å². The van der Waals surface area contributed by atoms with Crippen LogP contribution in [0.2, 0.25) is 0 Å². The van der Waals surface area contributed by atoms with Crippen molar-refractivity contribution in [1.29, 1.82) is 0 Å². The molecule has 1 aliphatic heterocycles. The molecule has 3 heteroatoms. The number of rotatable bonds is 1. The first-order valence-electron chi connectivity index (χ1n) is 3.47. The second-order valence-corrected chi connectivity index (χ2v) is 2.88. The Kier molecular flexibility index (Phi) is 1.94. The monoisotopic (exact) mass is 144 g/mol. The Bertz CT molecular complexity index is 134. The highest BCUT2D eigenvalue weighted by Gasteiger charge is 2.36. The first kappa shape index (κ1) is 7.54. The Morgan fingerprint density at radius 3 is 2.40 bits per heavy atom. The third-order valence-corrected chi connectivity index (χ3v) is 2.03. The summed E-state index contributed by atoms with van der Waals surface area (Å²) < 4.78 is 5.16. The largest absolute Gasteiger partial charge is 0.481 e. The molecule has 3 nitrogen and oxygen atoms in total. The first-order chi connectivity index (χ1) is 4.63. The maximum atomic E-state index is 10.5. The molecule has 0 saturated carbocycles. The maximum absolute atomic E-state index is 10.5. The molecule has 0 spiro atoms. The molecular formula is C7H12O3. The Morgan fingerprint density at radius 1 is 1.60 bits per heavy atom. The van der Waals surface area contributed by atoms with Gasteiger partial charge in [-0.2, -0.15) is 0 Å². The van der Waals surface area contributed by atoms with Crippen LogP contribution in [0.25, 0.3) is 0 Å². The summed E-state index contributed by atoms with van der Waals surface area (Å²) >= 11 is 0. The van der Waals surface area contributed by atoms with Crippen LogP contribution in [0.5, 0.6) is 0 Å². The molecule has 1 aliphatic rings. The van der Waals surface area contributed by atoms with Crippen molar-refractivity contribution in [2.75, 3.05) is 6.61 Å². The van der Waals surface area contributed by atoms with Gasteiger partial charge in [0, 0.05) is 0 Å². The van der Waals surface area contributed by atoms with E-state index >= 15 is 0 Å². The molecule has 1 rings (SSSR count). The molecule has 3 unspecified atom stereocenters. The van der Waals surface area contributed by atoms with E-state index in [1.165, 1.54) is 0 Å². The second kappa shape index (κ2) is 2.58. The number of carboxylic acids is 1. The van der Waals surface area contributed by atoms with Gasteiger partial charge in [-0.25, -0.2) is 0 Å². The lowest BCUT2D eigenvalue weighted by molar-refractivity contribution is -0.144. The SMILES string of the molecule is CC1COC(C)C1C(=O)O. The zero-order valence-electron chi connectivity index (χ0n) is 6.20. The van der Waals surface area contributed by atoms with Crippen LogP contribution in [-0.2, 0) is 9.53 Å². The van der Waals surface area contributed by atoms with Gasteiger partial charge in [0.25, 0.3) is 0 Å². The topological polar surface area (TPSA) is 46.5 Å². The predicted molar refractivity (Wildman–Crippen MR) is 35.7 cm³/mol. The molecule has 3 atom stereocenters. The zero-order chi connectivity index (χ0) is 7.72. The highest BCUT2D eigenvalue weighted by Crippen LogP contribution is 2.26. The molecule has 0 amide bonds. The molecule has 10 heavy (non-hydrogen) atoms. The number of aliphatic carboxylic acids is 1. The van der Waals surface area contributed by atoms with Gasteiger partial charge in [-0.15, -0.1) is 0 Å². The lowest BCUT2D eigenvalue weighted by Crippen LogP contribution is -2.25. The molecule has 1 saturated heterocycles. The van der Waals surface area contributed by atoms with E-state index in [0.717, 1.165) is 0 Å². The predicted octanol–water partition coefficient (Wildman–Crippen LogP) is 0.742. The molecule has 0 aromatic carbocycles. The first-order valence-corrected chi connectivity index (χ1v) is 3.47. The minimum absolute atomic E-state index is 0.118. The third-order valence-electron chi connectivity index (χ3n) is 2.03. The molecule has 0 radical (unpaired) electrons. The molecule has 0 aromatic heterocycles. The molecule has 1 fully saturated rings. The Labute approximate surface area is 60.0 Å². The quantitative estimate of drug-likeness (QED) is 0.590. The molecule has 0 bridgehead atoms. The average Bonchev–Trinajstić information content (AvgIpc) is 2.11. The van der Waals surface area contributed by atoms with Crippen LogP contribution < -0.4 is 0 Å². The van der Waals surface area contributed by atoms with Gasteiger partial charge < -0.3 is 9.84 Å². The van der Waals surface area contributed by atoms with Crippen molar-refractivity contribution < 1.29 is 14.6 Å². The number of carboxylic acid groups (broad SMARTS) is 1. The minimum Gasteiger partial charge on any atom is -0.481 e. The van der Waals surface area contributed by atoms with Crippen molar-refractivity contribution in [1.82, 2.24) is 0 Å². The summed E-state index contributed by atoms with van der Waals surface area (Å²) in [7, 11) is 0. The van der Waals surface area contributed by atoms with Gasteiger partial charge in [0.2, 0.25) is 0 Å². The summed E-state index contributed by atoms with van der Waals surface area (Å²) in [4.78, 5) is 10.5. The van der Waals surface area contributed by atoms with Gasteiger partial charge in [0.1, 0.15) is 0 Å². The average molecular weight is 144 g/mol. The Hall–Kier alpha value is -0.570. The fourth-order valence-corrected chi connectivity index (χ4v) is 1.42. The van der Waals surface area contributed by atoms with Crippen molar-refractivity contribution >= 4 is 5.97 Å². The highest BCUT2D eigenvalue weighted by molar-refractivity contribution is 5.71. The standard InChI is InChI=1S/C7H12O3/c1-4-3-10-5(2)6(4)7(8)9/h4-6H,3H2,1-2H3,(H,8,9). The Balaban J connectivity index is 2.63. The van der Waals surface area contributed by atoms with Crippen molar-refractivity contribution in [2.45, 2.75) is 20.0 Å². The van der Waals surface area contributed by atoms with Crippen LogP contribution in [0, 0.1) is 11.8 Å². The van der Waals surface area contributed by atoms with Gasteiger partial charge in [0.15, 0.2) is 0 Å². The van der Waals surface area contributed by atoms with Crippen LogP contribution in [-0.4, -0.2) is 23.8 Å². The number of hydrogen-bond donors (Lipinski definition) is 1. The van der Waals surface area contributed by atoms with Crippen LogP contribution in [0.4, 0.5) is 0 Å². The van der Waals surface area contributed by atoms with Crippen LogP contribution in [0.3, 0.4) is 0 Å². The summed E-state index contributed by atoms with van der Waals surface area (Å²) in [5.41, 5.74) is 0. The molecule has 58 valence electrons. The van der Waals surface area contributed by atoms with Crippen LogP contribution in [0.1, 0.15) is 13.8 Å². The van der Waals surface area contributed by atoms with E-state index in [0.29, 0.717) is 6.61 Å². The number of carbonyl (C=O) groups is 1. The normalized spacial score (nSPS) is 40.0. The van der Waals surface area contributed by atoms with Crippen LogP contribution >= 0.6 is 0 Å². The minimum atomic E-state index is -0.738. The second-order valence-electron chi connectivity index (χ2n) is 2.88. The van der Waals surface area contributed by atoms with E-state index in [1.807, 2.05) is 13.8 Å². The van der Waals surface area contributed by atoms with Gasteiger partial charge in [0.05, 0.1) is 18.6 Å². The molecular weight excluding hydrogens is 132 g/mol. The fraction of sp³-hybridized carbons (Fsp3) is 0.857. The number of ether oxygens (including phenoxy) is 1. The van der Waals surface area contributed by atoms with Gasteiger partial charge in [-0.1, -0.05) is 6.92 Å². The summed E-state index contributed by atoms with van der Waals surface area (Å²) in [6.45, 7) is 4.29. The highest BCUT2D eigenvalue weighted by atomic mass is 16.5. The lowest BCUT2D eigenvalue weighted by atomic mass is 9.93. The van der Waals surface area contributed by atoms with Crippen LogP contribution in [0.15, 0.2) is 0 Å². The maximum Gasteiger partial charge on any atom is 0.309 e. The number of hydrogen-bond acceptors (Lipinski definition) is 2. The van der Waals surface area contributed by atoms with E-state index in [-0.39, 0.29) is 17.9 Å². The molecule has 1 N–H and O–H groups in total. The molecule has 0 aliphatic carbocycles. The van der Waals surface area contributed by atoms with Crippen molar-refractivity contribution in [3.8, 4) is 0 Å². The van der Waals surface area contributed by atoms with E-state index in [9.17, 15) is 4.79 Å². The molecule has 0 aromatic rings. The lowest BCUT2D eigenvalue weighted by Gasteiger charge is -2.10. The van der Waals surface area contributed by atoms with Crippen molar-refractivity contribution in [3.63, 3.8) is 0 Å². The van der Waals surface area contributed by atoms with Crippen molar-refractivity contribution in [2.24, 2.45) is 11.8 Å². The van der Waals surface area contributed by atoms with E-state index in [4.69, 9.17) is 9.84 Å². The van der Waals surface area contributed by atoms with E-state index < -0.39 is 5.97 Å². The molecule has 1 heterocycles. The van der Waals surface area contributed by atoms with Crippen molar-refractivity contribution in [3.05, 3.63) is 0 Å². The zero-order valence-corrected chi connectivity index (χ0v) is 6.20. The van der Waals surface area contributed by atoms with E-state index in [2.05, 4.69) is 0 Å². The van der Waals surface area contributed by atoms with Gasteiger partial charge in [-0.05, 0) is 12.8 Å². The smallest absolute Gasteiger partial charge is 0.309 e. The van der Waals surface area contributed by atoms with Gasteiger partial charge >= 0.3 is 5.97 Å². The van der Waals surface area contributed by atoms with Gasteiger partial charge in [-0.3, -0.25) is 4.79 Å².